The summed E-state index contributed by atoms with van der Waals surface area (Å²) in [7, 11) is 0. The molecule has 0 heterocycles. The van der Waals surface area contributed by atoms with Gasteiger partial charge in [-0.15, -0.1) is 0 Å². The highest BCUT2D eigenvalue weighted by Crippen LogP contribution is 2.15. The molecule has 0 fully saturated rings. The van der Waals surface area contributed by atoms with Gasteiger partial charge >= 0.3 is 0 Å². The summed E-state index contributed by atoms with van der Waals surface area (Å²) in [5.41, 5.74) is 0. The molecule has 0 aliphatic carbocycles. The van der Waals surface area contributed by atoms with E-state index < -0.39 is 0 Å². The molecule has 0 rings (SSSR count). The molecule has 2 nitrogen and oxygen atoms in total. The maximum atomic E-state index is 8.70. The van der Waals surface area contributed by atoms with Crippen molar-refractivity contribution in [2.24, 2.45) is 11.8 Å². The summed E-state index contributed by atoms with van der Waals surface area (Å²) in [4.78, 5) is 0. The fraction of sp³-hybridized carbons (Fsp3) is 0.750. The van der Waals surface area contributed by atoms with Crippen LogP contribution in [0.25, 0.3) is 0 Å². The van der Waals surface area contributed by atoms with E-state index in [4.69, 9.17) is 34.6 Å². The van der Waals surface area contributed by atoms with Gasteiger partial charge in [0.15, 0.2) is 0 Å². The Labute approximate surface area is 83.6 Å². The van der Waals surface area contributed by atoms with Crippen molar-refractivity contribution < 1.29 is 10.2 Å². The second-order valence-electron chi connectivity index (χ2n) is 2.62. The van der Waals surface area contributed by atoms with E-state index in [2.05, 4.69) is 0 Å². The first-order chi connectivity index (χ1) is 5.79. The minimum atomic E-state index is 0.114. The molecular formula is C8H14O2S2. The van der Waals surface area contributed by atoms with Crippen molar-refractivity contribution in [3.05, 3.63) is 0 Å². The zero-order valence-electron chi connectivity index (χ0n) is 6.85. The SMILES string of the molecule is OCCC(C=S)C(C=S)CCO. The molecular weight excluding hydrogens is 192 g/mol. The fourth-order valence-electron chi connectivity index (χ4n) is 1.06. The summed E-state index contributed by atoms with van der Waals surface area (Å²) < 4.78 is 0. The zero-order chi connectivity index (χ0) is 9.40. The van der Waals surface area contributed by atoms with Crippen molar-refractivity contribution >= 4 is 35.2 Å². The minimum Gasteiger partial charge on any atom is -0.396 e. The fourth-order valence-corrected chi connectivity index (χ4v) is 1.74. The molecule has 70 valence electrons. The van der Waals surface area contributed by atoms with E-state index >= 15 is 0 Å². The molecule has 0 saturated heterocycles. The van der Waals surface area contributed by atoms with Crippen molar-refractivity contribution in [1.29, 1.82) is 0 Å². The van der Waals surface area contributed by atoms with Gasteiger partial charge < -0.3 is 10.2 Å². The molecule has 0 aliphatic rings. The third-order valence-corrected chi connectivity index (χ3v) is 2.52. The van der Waals surface area contributed by atoms with Crippen molar-refractivity contribution in [2.75, 3.05) is 13.2 Å². The summed E-state index contributed by atoms with van der Waals surface area (Å²) in [5, 5.41) is 20.7. The van der Waals surface area contributed by atoms with Crippen molar-refractivity contribution in [1.82, 2.24) is 0 Å². The quantitative estimate of drug-likeness (QED) is 0.609. The highest BCUT2D eigenvalue weighted by atomic mass is 32.1. The number of aliphatic hydroxyl groups is 2. The molecule has 0 radical (unpaired) electrons. The molecule has 0 saturated carbocycles. The first-order valence-corrected chi connectivity index (χ1v) is 4.86. The maximum Gasteiger partial charge on any atom is 0.0437 e. The van der Waals surface area contributed by atoms with E-state index in [-0.39, 0.29) is 25.0 Å². The Hall–Kier alpha value is 0.100. The lowest BCUT2D eigenvalue weighted by atomic mass is 9.90. The molecule has 0 amide bonds. The molecule has 0 spiro atoms. The average molecular weight is 206 g/mol. The average Bonchev–Trinajstić information content (AvgIpc) is 2.11. The summed E-state index contributed by atoms with van der Waals surface area (Å²) in [5.74, 6) is 0.240. The predicted octanol–water partition coefficient (Wildman–Crippen LogP) is 0.983. The Morgan fingerprint density at radius 2 is 1.25 bits per heavy atom. The minimum absolute atomic E-state index is 0.114. The van der Waals surface area contributed by atoms with E-state index in [9.17, 15) is 0 Å². The molecule has 0 aromatic rings. The number of aliphatic hydroxyl groups excluding tert-OH is 2. The Kier molecular flexibility index (Phi) is 7.80. The lowest BCUT2D eigenvalue weighted by molar-refractivity contribution is 0.240. The molecule has 0 aromatic carbocycles. The van der Waals surface area contributed by atoms with E-state index in [1.54, 1.807) is 10.7 Å². The molecule has 0 aromatic heterocycles. The van der Waals surface area contributed by atoms with Gasteiger partial charge in [0.2, 0.25) is 0 Å². The van der Waals surface area contributed by atoms with Crippen LogP contribution in [0.2, 0.25) is 0 Å². The number of hydrogen-bond acceptors (Lipinski definition) is 4. The lowest BCUT2D eigenvalue weighted by Gasteiger charge is -2.17. The highest BCUT2D eigenvalue weighted by molar-refractivity contribution is 7.79. The maximum absolute atomic E-state index is 8.70. The second-order valence-corrected chi connectivity index (χ2v) is 3.17. The van der Waals surface area contributed by atoms with Gasteiger partial charge in [0.1, 0.15) is 0 Å². The molecule has 12 heavy (non-hydrogen) atoms. The van der Waals surface area contributed by atoms with Gasteiger partial charge in [-0.05, 0) is 35.4 Å². The smallest absolute Gasteiger partial charge is 0.0437 e. The van der Waals surface area contributed by atoms with Gasteiger partial charge in [0.05, 0.1) is 0 Å². The van der Waals surface area contributed by atoms with E-state index in [0.29, 0.717) is 12.8 Å². The summed E-state index contributed by atoms with van der Waals surface area (Å²) >= 11 is 9.62. The topological polar surface area (TPSA) is 40.5 Å². The lowest BCUT2D eigenvalue weighted by Crippen LogP contribution is -2.18. The van der Waals surface area contributed by atoms with E-state index in [1.807, 2.05) is 0 Å². The molecule has 4 heteroatoms. The van der Waals surface area contributed by atoms with Crippen LogP contribution < -0.4 is 0 Å². The number of hydrogen-bond donors (Lipinski definition) is 2. The van der Waals surface area contributed by atoms with Crippen LogP contribution in [0.4, 0.5) is 0 Å². The van der Waals surface area contributed by atoms with Crippen LogP contribution in [-0.4, -0.2) is 34.2 Å². The first-order valence-electron chi connectivity index (χ1n) is 3.92. The monoisotopic (exact) mass is 206 g/mol. The Bertz CT molecular complexity index is 123. The van der Waals surface area contributed by atoms with Crippen molar-refractivity contribution in [2.45, 2.75) is 12.8 Å². The number of thiocarbonyl (C=S) groups is 2. The first kappa shape index (κ1) is 12.1. The van der Waals surface area contributed by atoms with Crippen LogP contribution >= 0.6 is 24.4 Å². The Morgan fingerprint density at radius 1 is 0.917 bits per heavy atom. The van der Waals surface area contributed by atoms with Gasteiger partial charge in [0.25, 0.3) is 0 Å². The van der Waals surface area contributed by atoms with Crippen LogP contribution in [0.3, 0.4) is 0 Å². The molecule has 0 aliphatic heterocycles. The van der Waals surface area contributed by atoms with Crippen LogP contribution in [-0.2, 0) is 0 Å². The van der Waals surface area contributed by atoms with Crippen LogP contribution in [0.5, 0.6) is 0 Å². The summed E-state index contributed by atoms with van der Waals surface area (Å²) in [6.07, 6.45) is 1.25. The third kappa shape index (κ3) is 4.21. The standard InChI is InChI=1S/C8H14O2S2/c9-3-1-7(5-11)8(6-12)2-4-10/h5-10H,1-4H2. The van der Waals surface area contributed by atoms with Gasteiger partial charge in [-0.1, -0.05) is 24.4 Å². The van der Waals surface area contributed by atoms with Crippen molar-refractivity contribution in [3.63, 3.8) is 0 Å². The molecule has 2 unspecified atom stereocenters. The molecule has 2 atom stereocenters. The Morgan fingerprint density at radius 3 is 1.42 bits per heavy atom. The van der Waals surface area contributed by atoms with Gasteiger partial charge in [0, 0.05) is 13.2 Å². The summed E-state index contributed by atoms with van der Waals surface area (Å²) in [6, 6.07) is 0. The Balaban J connectivity index is 4.01. The zero-order valence-corrected chi connectivity index (χ0v) is 8.48. The number of rotatable bonds is 7. The largest absolute Gasteiger partial charge is 0.396 e. The second kappa shape index (κ2) is 7.73. The highest BCUT2D eigenvalue weighted by Gasteiger charge is 2.15. The summed E-state index contributed by atoms with van der Waals surface area (Å²) in [6.45, 7) is 0.228. The molecule has 2 N–H and O–H groups in total. The van der Waals surface area contributed by atoms with Gasteiger partial charge in [-0.25, -0.2) is 0 Å². The normalized spacial score (nSPS) is 15.2. The van der Waals surface area contributed by atoms with Gasteiger partial charge in [-0.3, -0.25) is 0 Å². The van der Waals surface area contributed by atoms with E-state index in [0.717, 1.165) is 0 Å². The van der Waals surface area contributed by atoms with E-state index in [1.165, 1.54) is 0 Å². The van der Waals surface area contributed by atoms with Crippen molar-refractivity contribution in [3.8, 4) is 0 Å². The predicted molar refractivity (Wildman–Crippen MR) is 57.7 cm³/mol. The third-order valence-electron chi connectivity index (χ3n) is 1.82. The molecule has 0 bridgehead atoms. The van der Waals surface area contributed by atoms with Gasteiger partial charge in [-0.2, -0.15) is 0 Å². The van der Waals surface area contributed by atoms with Crippen LogP contribution in [0.15, 0.2) is 0 Å². The van der Waals surface area contributed by atoms with Crippen LogP contribution in [0, 0.1) is 11.8 Å². The van der Waals surface area contributed by atoms with Crippen LogP contribution in [0.1, 0.15) is 12.8 Å².